The van der Waals surface area contributed by atoms with Crippen molar-refractivity contribution in [1.29, 1.82) is 0 Å². The minimum atomic E-state index is -1.30. The SMILES string of the molecule is CC/C(C=C1Sc2ccccc2N1C)=c1\s/c(=c2/s/c(=C3/SC(=S)N(C)C3=O)n(CC(=O)O)c2=O)n(C(C)OCC(=O)O)c1=O. The number of fused-ring (bicyclic) bond motifs is 1. The van der Waals surface area contributed by atoms with E-state index >= 15 is 0 Å². The quantitative estimate of drug-likeness (QED) is 0.331. The van der Waals surface area contributed by atoms with Crippen molar-refractivity contribution in [2.75, 3.05) is 25.6 Å². The van der Waals surface area contributed by atoms with Gasteiger partial charge in [-0.15, -0.1) is 22.7 Å². The molecule has 1 unspecified atom stereocenters. The van der Waals surface area contributed by atoms with E-state index in [0.717, 1.165) is 54.6 Å². The fourth-order valence-electron chi connectivity index (χ4n) is 4.63. The smallest absolute Gasteiger partial charge is 0.329 e. The minimum Gasteiger partial charge on any atom is -0.480 e. The Morgan fingerprint density at radius 1 is 1.00 bits per heavy atom. The van der Waals surface area contributed by atoms with E-state index in [1.807, 2.05) is 49.2 Å². The molecule has 0 radical (unpaired) electrons. The van der Waals surface area contributed by atoms with Crippen LogP contribution in [0.5, 0.6) is 0 Å². The number of carboxylic acids is 2. The number of hydrogen-bond acceptors (Lipinski definition) is 12. The van der Waals surface area contributed by atoms with Crippen LogP contribution < -0.4 is 25.2 Å². The number of ether oxygens (including phenoxy) is 1. The van der Waals surface area contributed by atoms with Crippen LogP contribution in [0.1, 0.15) is 26.5 Å². The summed E-state index contributed by atoms with van der Waals surface area (Å²) in [5, 5.41) is 19.7. The molecule has 45 heavy (non-hydrogen) atoms. The van der Waals surface area contributed by atoms with Gasteiger partial charge in [-0.25, -0.2) is 4.79 Å². The van der Waals surface area contributed by atoms with E-state index in [2.05, 4.69) is 0 Å². The summed E-state index contributed by atoms with van der Waals surface area (Å²) in [5.74, 6) is -3.02. The van der Waals surface area contributed by atoms with E-state index in [0.29, 0.717) is 16.5 Å². The molecule has 0 bridgehead atoms. The second kappa shape index (κ2) is 13.1. The number of rotatable bonds is 8. The maximum Gasteiger partial charge on any atom is 0.329 e. The summed E-state index contributed by atoms with van der Waals surface area (Å²) in [5.41, 5.74) is 0.492. The molecule has 3 aromatic rings. The number of allylic oxidation sites excluding steroid dienone is 1. The van der Waals surface area contributed by atoms with Crippen LogP contribution in [0.2, 0.25) is 0 Å². The number of aromatic nitrogens is 2. The number of carbonyl (C=O) groups excluding carboxylic acids is 1. The second-order valence-corrected chi connectivity index (χ2v) is 14.5. The van der Waals surface area contributed by atoms with E-state index in [1.165, 1.54) is 23.4 Å². The summed E-state index contributed by atoms with van der Waals surface area (Å²) in [7, 11) is 3.41. The van der Waals surface area contributed by atoms with Gasteiger partial charge in [0.2, 0.25) is 0 Å². The van der Waals surface area contributed by atoms with Crippen molar-refractivity contribution in [3.8, 4) is 0 Å². The van der Waals surface area contributed by atoms with Gasteiger partial charge in [0.25, 0.3) is 17.0 Å². The van der Waals surface area contributed by atoms with Crippen LogP contribution in [0.3, 0.4) is 0 Å². The lowest BCUT2D eigenvalue weighted by molar-refractivity contribution is -0.146. The van der Waals surface area contributed by atoms with Gasteiger partial charge in [0.05, 0.1) is 15.2 Å². The maximum atomic E-state index is 14.1. The molecule has 1 aromatic carbocycles. The van der Waals surface area contributed by atoms with Gasteiger partial charge < -0.3 is 19.8 Å². The van der Waals surface area contributed by atoms with Crippen LogP contribution in [0.25, 0.3) is 10.5 Å². The van der Waals surface area contributed by atoms with Gasteiger partial charge in [0.15, 0.2) is 0 Å². The third-order valence-electron chi connectivity index (χ3n) is 6.91. The first-order chi connectivity index (χ1) is 21.3. The predicted molar refractivity (Wildman–Crippen MR) is 179 cm³/mol. The molecule has 0 saturated carbocycles. The fourth-order valence-corrected chi connectivity index (χ4v) is 9.64. The van der Waals surface area contributed by atoms with Gasteiger partial charge in [0, 0.05) is 19.0 Å². The number of aliphatic carboxylic acids is 2. The molecule has 17 heteroatoms. The second-order valence-electron chi connectivity index (χ2n) is 9.79. The lowest BCUT2D eigenvalue weighted by Gasteiger charge is -2.13. The van der Waals surface area contributed by atoms with Crippen molar-refractivity contribution in [2.24, 2.45) is 0 Å². The number of carboxylic acid groups (broad SMARTS) is 2. The van der Waals surface area contributed by atoms with Gasteiger partial charge in [-0.2, -0.15) is 0 Å². The van der Waals surface area contributed by atoms with Crippen LogP contribution in [-0.2, 0) is 25.7 Å². The summed E-state index contributed by atoms with van der Waals surface area (Å²) in [4.78, 5) is 68.4. The third kappa shape index (κ3) is 6.19. The molecular weight excluding hydrogens is 681 g/mol. The normalized spacial score (nSPS) is 19.0. The van der Waals surface area contributed by atoms with Crippen LogP contribution >= 0.6 is 58.4 Å². The van der Waals surface area contributed by atoms with Gasteiger partial charge >= 0.3 is 11.9 Å². The third-order valence-corrected chi connectivity index (χ3v) is 12.3. The maximum absolute atomic E-state index is 14.1. The highest BCUT2D eigenvalue weighted by atomic mass is 32.2. The first kappa shape index (κ1) is 32.9. The average molecular weight is 707 g/mol. The zero-order chi connectivity index (χ0) is 32.7. The summed E-state index contributed by atoms with van der Waals surface area (Å²) < 4.78 is 8.50. The molecule has 1 fully saturated rings. The molecule has 236 valence electrons. The summed E-state index contributed by atoms with van der Waals surface area (Å²) in [6.45, 7) is 1.97. The lowest BCUT2D eigenvalue weighted by Crippen LogP contribution is -2.33. The van der Waals surface area contributed by atoms with Crippen LogP contribution in [0.4, 0.5) is 5.69 Å². The first-order valence-corrected chi connectivity index (χ1v) is 17.0. The van der Waals surface area contributed by atoms with Crippen molar-refractivity contribution in [1.82, 2.24) is 14.0 Å². The van der Waals surface area contributed by atoms with E-state index in [4.69, 9.17) is 17.0 Å². The van der Waals surface area contributed by atoms with Gasteiger partial charge in [-0.05, 0) is 37.1 Å². The number of thiazole rings is 2. The molecular formula is C28H26N4O8S5. The number of nitrogens with zero attached hydrogens (tertiary/aromatic N) is 4. The molecule has 0 aliphatic carbocycles. The van der Waals surface area contributed by atoms with E-state index in [1.54, 1.807) is 11.8 Å². The highest BCUT2D eigenvalue weighted by Crippen LogP contribution is 2.45. The lowest BCUT2D eigenvalue weighted by atomic mass is 10.2. The Bertz CT molecular complexity index is 2140. The number of para-hydroxylation sites is 1. The van der Waals surface area contributed by atoms with Gasteiger partial charge in [-0.3, -0.25) is 33.2 Å². The number of benzene rings is 1. The number of amides is 1. The average Bonchev–Trinajstić information content (AvgIpc) is 3.68. The van der Waals surface area contributed by atoms with Crippen molar-refractivity contribution < 1.29 is 29.3 Å². The number of hydrogen-bond donors (Lipinski definition) is 2. The Labute approximate surface area is 276 Å². The molecule has 2 aliphatic rings. The molecule has 4 heterocycles. The molecule has 1 saturated heterocycles. The molecule has 2 aromatic heterocycles. The van der Waals surface area contributed by atoms with Crippen molar-refractivity contribution in [3.05, 3.63) is 74.5 Å². The van der Waals surface area contributed by atoms with Crippen LogP contribution in [0, 0.1) is 9.20 Å². The van der Waals surface area contributed by atoms with E-state index in [9.17, 15) is 34.2 Å². The van der Waals surface area contributed by atoms with Crippen LogP contribution in [-0.4, -0.2) is 67.1 Å². The highest BCUT2D eigenvalue weighted by Gasteiger charge is 2.32. The first-order valence-electron chi connectivity index (χ1n) is 13.3. The Hall–Kier alpha value is -3.48. The molecule has 0 spiro atoms. The fraction of sp³-hybridized carbons (Fsp3) is 0.286. The predicted octanol–water partition coefficient (Wildman–Crippen LogP) is 2.37. The topological polar surface area (TPSA) is 151 Å². The monoisotopic (exact) mass is 706 g/mol. The zero-order valence-corrected chi connectivity index (χ0v) is 28.3. The number of anilines is 1. The zero-order valence-electron chi connectivity index (χ0n) is 24.3. The van der Waals surface area contributed by atoms with E-state index < -0.39 is 48.3 Å². The molecule has 2 aliphatic heterocycles. The summed E-state index contributed by atoms with van der Waals surface area (Å²) >= 11 is 9.65. The standard InChI is InChI=1S/C28H26N4O8S5/c1-5-14(10-17-29(3)15-8-6-7-9-16(15)42-17)20-25(39)32(13(2)40-12-19(35)36)27(43-20)22-24(38)31(11-18(33)34)26(44-22)21-23(37)30(4)28(41)45-21/h6-10,13H,5,11-12H2,1-4H3,(H,33,34)(H,35,36)/b17-10?,20-14+,26-21+,27-22+. The Balaban J connectivity index is 1.87. The number of thiocarbonyl (C=S) groups is 1. The molecule has 1 atom stereocenters. The van der Waals surface area contributed by atoms with Crippen molar-refractivity contribution >= 4 is 96.7 Å². The van der Waals surface area contributed by atoms with Gasteiger partial charge in [0.1, 0.15) is 42.5 Å². The van der Waals surface area contributed by atoms with E-state index in [-0.39, 0.29) is 23.1 Å². The summed E-state index contributed by atoms with van der Waals surface area (Å²) in [6.07, 6.45) is 1.27. The Morgan fingerprint density at radius 2 is 1.71 bits per heavy atom. The van der Waals surface area contributed by atoms with Gasteiger partial charge in [-0.1, -0.05) is 54.8 Å². The number of thioether (sulfide) groups is 2. The molecule has 2 N–H and O–H groups in total. The van der Waals surface area contributed by atoms with Crippen molar-refractivity contribution in [2.45, 2.75) is 37.9 Å². The number of carbonyl (C=O) groups is 3. The molecule has 1 amide bonds. The minimum absolute atomic E-state index is 0.00890. The van der Waals surface area contributed by atoms with Crippen LogP contribution in [0.15, 0.2) is 49.9 Å². The Kier molecular flexibility index (Phi) is 9.57. The molecule has 12 nitrogen and oxygen atoms in total. The summed E-state index contributed by atoms with van der Waals surface area (Å²) in [6, 6.07) is 7.90. The largest absolute Gasteiger partial charge is 0.480 e. The molecule has 5 rings (SSSR count). The van der Waals surface area contributed by atoms with Crippen molar-refractivity contribution in [3.63, 3.8) is 0 Å². The Morgan fingerprint density at radius 3 is 2.31 bits per heavy atom. The highest BCUT2D eigenvalue weighted by molar-refractivity contribution is 8.30.